The molecule has 5 heterocycles. The van der Waals surface area contributed by atoms with Crippen molar-refractivity contribution in [3.63, 3.8) is 0 Å². The van der Waals surface area contributed by atoms with Crippen LogP contribution in [0, 0.1) is 0 Å². The number of H-pyrrole nitrogens is 2. The van der Waals surface area contributed by atoms with Gasteiger partial charge in [-0.25, -0.2) is 19.7 Å². The second kappa shape index (κ2) is 15.7. The highest BCUT2D eigenvalue weighted by atomic mass is 79.9. The summed E-state index contributed by atoms with van der Waals surface area (Å²) in [4.78, 5) is 65.6. The van der Waals surface area contributed by atoms with Crippen LogP contribution in [0.2, 0.25) is 0 Å². The number of nitrogens with one attached hydrogen (secondary N) is 3. The summed E-state index contributed by atoms with van der Waals surface area (Å²) in [5.74, 6) is 1.97. The maximum Gasteiger partial charge on any atom is 0.410 e. The highest BCUT2D eigenvalue weighted by molar-refractivity contribution is 9.10. The van der Waals surface area contributed by atoms with Gasteiger partial charge in [0, 0.05) is 29.4 Å². The van der Waals surface area contributed by atoms with Gasteiger partial charge in [0.25, 0.3) is 17.6 Å². The van der Waals surface area contributed by atoms with Gasteiger partial charge in [0.05, 0.1) is 16.4 Å². The second-order valence-electron chi connectivity index (χ2n) is 11.9. The number of fused-ring (bicyclic) bond motifs is 2. The van der Waals surface area contributed by atoms with E-state index >= 15 is 0 Å². The number of amides is 1. The van der Waals surface area contributed by atoms with Crippen molar-refractivity contribution >= 4 is 66.4 Å². The highest BCUT2D eigenvalue weighted by Gasteiger charge is 2.28. The van der Waals surface area contributed by atoms with Gasteiger partial charge < -0.3 is 30.0 Å². The number of rotatable bonds is 2. The number of nitrogens with zero attached hydrogens (tertiary/aromatic N) is 4. The summed E-state index contributed by atoms with van der Waals surface area (Å²) < 4.78 is 6.92. The first-order chi connectivity index (χ1) is 21.9. The van der Waals surface area contributed by atoms with Gasteiger partial charge in [-0.1, -0.05) is 15.9 Å². The van der Waals surface area contributed by atoms with Crippen LogP contribution in [0.1, 0.15) is 69.9 Å². The SMILES string of the molecule is CC(C)(C)OC(=O)N1CCC(c2nc3ccc(Br)cc3c(=O)[nH]2)CC1.O=CO.O=c1[nH]c(C2CCNCC2)nc2ccc(Br)nc12. The van der Waals surface area contributed by atoms with Crippen molar-refractivity contribution in [2.24, 2.45) is 0 Å². The van der Waals surface area contributed by atoms with Crippen LogP contribution < -0.4 is 16.4 Å². The fourth-order valence-electron chi connectivity index (χ4n) is 5.29. The number of likely N-dealkylation sites (tertiary alicyclic amines) is 1. The predicted molar refractivity (Wildman–Crippen MR) is 181 cm³/mol. The van der Waals surface area contributed by atoms with Gasteiger partial charge in [-0.05, 0) is 106 Å². The molecule has 4 N–H and O–H groups in total. The summed E-state index contributed by atoms with van der Waals surface area (Å²) >= 11 is 6.63. The maximum absolute atomic E-state index is 12.3. The van der Waals surface area contributed by atoms with Crippen molar-refractivity contribution in [2.45, 2.75) is 63.9 Å². The van der Waals surface area contributed by atoms with E-state index in [1.54, 1.807) is 17.0 Å². The number of pyridine rings is 1. The number of aromatic amines is 2. The number of piperidine rings is 2. The Labute approximate surface area is 281 Å². The molecule has 2 saturated heterocycles. The number of hydrogen-bond donors (Lipinski definition) is 4. The first-order valence-electron chi connectivity index (χ1n) is 14.9. The molecule has 1 amide bonds. The Hall–Kier alpha value is -3.69. The lowest BCUT2D eigenvalue weighted by Crippen LogP contribution is -2.41. The third-order valence-corrected chi connectivity index (χ3v) is 8.42. The van der Waals surface area contributed by atoms with Gasteiger partial charge in [-0.2, -0.15) is 0 Å². The Balaban J connectivity index is 0.000000201. The zero-order chi connectivity index (χ0) is 33.4. The lowest BCUT2D eigenvalue weighted by Gasteiger charge is -2.33. The van der Waals surface area contributed by atoms with Crippen LogP contribution in [-0.4, -0.2) is 79.3 Å². The number of aromatic nitrogens is 5. The highest BCUT2D eigenvalue weighted by Crippen LogP contribution is 2.27. The molecule has 0 saturated carbocycles. The second-order valence-corrected chi connectivity index (χ2v) is 13.7. The number of halogens is 2. The summed E-state index contributed by atoms with van der Waals surface area (Å²) in [6.07, 6.45) is 3.25. The third-order valence-electron chi connectivity index (χ3n) is 7.48. The number of ether oxygens (including phenoxy) is 1. The van der Waals surface area contributed by atoms with E-state index in [2.05, 4.69) is 62.1 Å². The minimum atomic E-state index is -0.493. The Morgan fingerprint density at radius 2 is 1.48 bits per heavy atom. The van der Waals surface area contributed by atoms with E-state index in [4.69, 9.17) is 14.6 Å². The van der Waals surface area contributed by atoms with Crippen molar-refractivity contribution in [3.05, 3.63) is 71.8 Å². The molecule has 0 atom stereocenters. The van der Waals surface area contributed by atoms with E-state index in [0.29, 0.717) is 51.4 Å². The molecule has 15 heteroatoms. The number of benzene rings is 1. The largest absolute Gasteiger partial charge is 0.483 e. The molecule has 246 valence electrons. The Morgan fingerprint density at radius 3 is 2.11 bits per heavy atom. The lowest BCUT2D eigenvalue weighted by molar-refractivity contribution is -0.122. The van der Waals surface area contributed by atoms with Crippen LogP contribution >= 0.6 is 31.9 Å². The average molecular weight is 763 g/mol. The Bertz CT molecular complexity index is 1790. The van der Waals surface area contributed by atoms with Crippen molar-refractivity contribution < 1.29 is 19.4 Å². The van der Waals surface area contributed by atoms with E-state index in [-0.39, 0.29) is 29.6 Å². The lowest BCUT2D eigenvalue weighted by atomic mass is 9.96. The topological polar surface area (TPSA) is 183 Å². The molecule has 2 aliphatic heterocycles. The van der Waals surface area contributed by atoms with Gasteiger partial charge in [0.1, 0.15) is 21.9 Å². The van der Waals surface area contributed by atoms with Crippen LogP contribution in [0.25, 0.3) is 21.9 Å². The molecule has 0 unspecified atom stereocenters. The normalized spacial score (nSPS) is 15.8. The van der Waals surface area contributed by atoms with E-state index < -0.39 is 5.60 Å². The van der Waals surface area contributed by atoms with Crippen molar-refractivity contribution in [2.75, 3.05) is 26.2 Å². The maximum atomic E-state index is 12.3. The van der Waals surface area contributed by atoms with Gasteiger partial charge in [-0.3, -0.25) is 14.4 Å². The van der Waals surface area contributed by atoms with E-state index in [9.17, 15) is 14.4 Å². The average Bonchev–Trinajstić information content (AvgIpc) is 3.02. The fourth-order valence-corrected chi connectivity index (χ4v) is 5.96. The molecule has 2 aliphatic rings. The molecular formula is C31H37Br2N7O6. The van der Waals surface area contributed by atoms with Crippen LogP contribution in [0.4, 0.5) is 4.79 Å². The van der Waals surface area contributed by atoms with Gasteiger partial charge in [0.15, 0.2) is 5.52 Å². The zero-order valence-electron chi connectivity index (χ0n) is 25.8. The molecule has 4 aromatic rings. The van der Waals surface area contributed by atoms with Crippen LogP contribution in [0.3, 0.4) is 0 Å². The summed E-state index contributed by atoms with van der Waals surface area (Å²) in [5, 5.41) is 10.8. The van der Waals surface area contributed by atoms with Crippen molar-refractivity contribution in [1.29, 1.82) is 0 Å². The minimum Gasteiger partial charge on any atom is -0.483 e. The van der Waals surface area contributed by atoms with E-state index in [1.165, 1.54) is 0 Å². The Morgan fingerprint density at radius 1 is 0.913 bits per heavy atom. The molecule has 2 fully saturated rings. The molecule has 0 aliphatic carbocycles. The van der Waals surface area contributed by atoms with Crippen LogP contribution in [0.5, 0.6) is 0 Å². The number of carboxylic acid groups (broad SMARTS) is 1. The number of carbonyl (C=O) groups is 2. The molecule has 1 aromatic carbocycles. The summed E-state index contributed by atoms with van der Waals surface area (Å²) in [5.41, 5.74) is 0.965. The van der Waals surface area contributed by atoms with E-state index in [1.807, 2.05) is 39.0 Å². The predicted octanol–water partition coefficient (Wildman–Crippen LogP) is 5.05. The summed E-state index contributed by atoms with van der Waals surface area (Å²) in [6.45, 7) is 8.48. The van der Waals surface area contributed by atoms with Gasteiger partial charge in [-0.15, -0.1) is 0 Å². The molecule has 46 heavy (non-hydrogen) atoms. The Kier molecular flexibility index (Phi) is 12.0. The summed E-state index contributed by atoms with van der Waals surface area (Å²) in [6, 6.07) is 9.13. The molecule has 3 aromatic heterocycles. The molecule has 13 nitrogen and oxygen atoms in total. The van der Waals surface area contributed by atoms with Crippen molar-refractivity contribution in [3.8, 4) is 0 Å². The van der Waals surface area contributed by atoms with Crippen LogP contribution in [0.15, 0.2) is 49.0 Å². The molecule has 0 radical (unpaired) electrons. The fraction of sp³-hybridized carbons (Fsp3) is 0.452. The van der Waals surface area contributed by atoms with E-state index in [0.717, 1.165) is 49.1 Å². The first-order valence-corrected chi connectivity index (χ1v) is 16.5. The molecule has 6 rings (SSSR count). The smallest absolute Gasteiger partial charge is 0.410 e. The van der Waals surface area contributed by atoms with Crippen molar-refractivity contribution in [1.82, 2.24) is 35.1 Å². The molecular weight excluding hydrogens is 726 g/mol. The minimum absolute atomic E-state index is 0.129. The van der Waals surface area contributed by atoms with Gasteiger partial charge in [0.2, 0.25) is 0 Å². The monoisotopic (exact) mass is 761 g/mol. The van der Waals surface area contributed by atoms with Crippen LogP contribution in [-0.2, 0) is 9.53 Å². The molecule has 0 spiro atoms. The summed E-state index contributed by atoms with van der Waals surface area (Å²) in [7, 11) is 0. The third kappa shape index (κ3) is 9.42. The zero-order valence-corrected chi connectivity index (χ0v) is 29.0. The standard InChI is InChI=1S/C18H22BrN3O3.C12H13BrN4O.CH2O2/c1-18(2,3)25-17(24)22-8-6-11(7-9-22)15-20-14-5-4-12(19)10-13(14)16(23)21-15;13-9-2-1-8-10(16-9)12(18)17-11(15-8)7-3-5-14-6-4-7;2-1-3/h4-5,10-11H,6-9H2,1-3H3,(H,20,21,23);1-2,7,14H,3-6H2,(H,15,17,18);1H,(H,2,3). The number of hydrogen-bond acceptors (Lipinski definition) is 9. The molecule has 0 bridgehead atoms. The van der Waals surface area contributed by atoms with Gasteiger partial charge >= 0.3 is 6.09 Å². The number of carbonyl (C=O) groups excluding carboxylic acids is 1. The quantitative estimate of drug-likeness (QED) is 0.159. The first kappa shape index (κ1) is 35.2.